The summed E-state index contributed by atoms with van der Waals surface area (Å²) < 4.78 is 1.84. The lowest BCUT2D eigenvalue weighted by molar-refractivity contribution is 0.200. The van der Waals surface area contributed by atoms with Crippen LogP contribution in [-0.4, -0.2) is 51.1 Å². The van der Waals surface area contributed by atoms with Crippen molar-refractivity contribution in [3.05, 3.63) is 77.8 Å². The molecule has 7 heteroatoms. The number of aryl methyl sites for hydroxylation is 1. The lowest BCUT2D eigenvalue weighted by Crippen LogP contribution is -2.43. The molecule has 3 heterocycles. The summed E-state index contributed by atoms with van der Waals surface area (Å²) in [5.74, 6) is 0.955. The highest BCUT2D eigenvalue weighted by molar-refractivity contribution is 5.99. The van der Waals surface area contributed by atoms with E-state index in [0.29, 0.717) is 6.04 Å². The largest absolute Gasteiger partial charge is 0.354 e. The second-order valence-electron chi connectivity index (χ2n) is 8.63. The van der Waals surface area contributed by atoms with Crippen LogP contribution >= 0.6 is 0 Å². The van der Waals surface area contributed by atoms with Gasteiger partial charge in [-0.15, -0.1) is 10.2 Å². The maximum absolute atomic E-state index is 7.42. The van der Waals surface area contributed by atoms with E-state index in [2.05, 4.69) is 67.3 Å². The molecule has 0 spiro atoms. The monoisotopic (exact) mass is 437 g/mol. The van der Waals surface area contributed by atoms with Gasteiger partial charge in [-0.3, -0.25) is 4.68 Å². The number of hydrogen-bond donors (Lipinski definition) is 0. The molecule has 0 saturated carbocycles. The van der Waals surface area contributed by atoms with E-state index in [9.17, 15) is 0 Å². The van der Waals surface area contributed by atoms with Gasteiger partial charge in [-0.25, -0.2) is 4.85 Å². The number of anilines is 1. The van der Waals surface area contributed by atoms with Gasteiger partial charge in [0.2, 0.25) is 0 Å². The highest BCUT2D eigenvalue weighted by Gasteiger charge is 2.25. The first-order chi connectivity index (χ1) is 16.2. The summed E-state index contributed by atoms with van der Waals surface area (Å²) in [7, 11) is 4.09. The predicted octanol–water partition coefficient (Wildman–Crippen LogP) is 4.68. The van der Waals surface area contributed by atoms with Crippen LogP contribution in [0.2, 0.25) is 0 Å². The summed E-state index contributed by atoms with van der Waals surface area (Å²) in [6, 6.07) is 18.7. The van der Waals surface area contributed by atoms with Crippen LogP contribution < -0.4 is 4.90 Å². The average Bonchev–Trinajstić information content (AvgIpc) is 3.29. The molecule has 2 aromatic heterocycles. The van der Waals surface area contributed by atoms with Crippen LogP contribution in [0.4, 0.5) is 11.5 Å². The Morgan fingerprint density at radius 2 is 1.73 bits per heavy atom. The fraction of sp³-hybridized carbons (Fsp3) is 0.308. The highest BCUT2D eigenvalue weighted by Crippen LogP contribution is 2.33. The van der Waals surface area contributed by atoms with Crippen molar-refractivity contribution in [3.8, 4) is 11.4 Å². The Hall–Kier alpha value is -3.76. The number of piperidine rings is 1. The Morgan fingerprint density at radius 1 is 1.00 bits per heavy atom. The number of fused-ring (bicyclic) bond motifs is 1. The standard InChI is InChI=1S/C26H27N7/c1-27-23-11-7-4-8-19(23)18-31(2)20-13-16-33(17-14-20)26-22-10-6-5-9-21(22)25(29-30-26)24-12-15-28-32(24)3/h4-12,15,20H,13-14,16-18H2,2-3H3. The minimum atomic E-state index is 0.480. The molecule has 166 valence electrons. The molecule has 0 radical (unpaired) electrons. The number of benzene rings is 2. The molecule has 0 aliphatic carbocycles. The Kier molecular flexibility index (Phi) is 5.76. The third-order valence-corrected chi connectivity index (χ3v) is 6.65. The zero-order chi connectivity index (χ0) is 22.8. The Morgan fingerprint density at radius 3 is 2.45 bits per heavy atom. The third kappa shape index (κ3) is 4.06. The van der Waals surface area contributed by atoms with Crippen LogP contribution in [0.1, 0.15) is 18.4 Å². The molecule has 33 heavy (non-hydrogen) atoms. The van der Waals surface area contributed by atoms with Gasteiger partial charge in [0.25, 0.3) is 0 Å². The number of rotatable bonds is 5. The molecule has 0 atom stereocenters. The number of para-hydroxylation sites is 1. The molecule has 4 aromatic rings. The number of nitrogens with zero attached hydrogens (tertiary/aromatic N) is 7. The minimum Gasteiger partial charge on any atom is -0.354 e. The first-order valence-corrected chi connectivity index (χ1v) is 11.3. The average molecular weight is 438 g/mol. The lowest BCUT2D eigenvalue weighted by Gasteiger charge is -2.37. The van der Waals surface area contributed by atoms with Crippen molar-refractivity contribution in [3.63, 3.8) is 0 Å². The van der Waals surface area contributed by atoms with E-state index in [1.807, 2.05) is 36.0 Å². The summed E-state index contributed by atoms with van der Waals surface area (Å²) >= 11 is 0. The first-order valence-electron chi connectivity index (χ1n) is 11.3. The van der Waals surface area contributed by atoms with Crippen LogP contribution in [0, 0.1) is 6.57 Å². The van der Waals surface area contributed by atoms with Crippen molar-refractivity contribution < 1.29 is 0 Å². The van der Waals surface area contributed by atoms with E-state index in [4.69, 9.17) is 6.57 Å². The molecule has 7 nitrogen and oxygen atoms in total. The highest BCUT2D eigenvalue weighted by atomic mass is 15.3. The van der Waals surface area contributed by atoms with E-state index in [-0.39, 0.29) is 0 Å². The van der Waals surface area contributed by atoms with E-state index in [0.717, 1.165) is 71.7 Å². The van der Waals surface area contributed by atoms with Gasteiger partial charge >= 0.3 is 0 Å². The molecule has 0 N–H and O–H groups in total. The summed E-state index contributed by atoms with van der Waals surface area (Å²) in [4.78, 5) is 8.42. The molecular formula is C26H27N7. The Bertz CT molecular complexity index is 1310. The van der Waals surface area contributed by atoms with Crippen molar-refractivity contribution in [2.75, 3.05) is 25.0 Å². The normalized spacial score (nSPS) is 14.7. The van der Waals surface area contributed by atoms with E-state index in [1.54, 1.807) is 6.20 Å². The van der Waals surface area contributed by atoms with E-state index < -0.39 is 0 Å². The van der Waals surface area contributed by atoms with Gasteiger partial charge in [0, 0.05) is 49.7 Å². The van der Waals surface area contributed by atoms with Gasteiger partial charge in [0.05, 0.1) is 12.3 Å². The number of aromatic nitrogens is 4. The van der Waals surface area contributed by atoms with Crippen LogP contribution in [-0.2, 0) is 13.6 Å². The maximum Gasteiger partial charge on any atom is 0.191 e. The van der Waals surface area contributed by atoms with Gasteiger partial charge < -0.3 is 9.80 Å². The molecule has 1 fully saturated rings. The fourth-order valence-corrected chi connectivity index (χ4v) is 4.79. The Balaban J connectivity index is 1.34. The van der Waals surface area contributed by atoms with Crippen molar-refractivity contribution in [2.24, 2.45) is 7.05 Å². The second kappa shape index (κ2) is 9.00. The number of hydrogen-bond acceptors (Lipinski definition) is 5. The molecule has 5 rings (SSSR count). The maximum atomic E-state index is 7.42. The molecule has 2 aromatic carbocycles. The van der Waals surface area contributed by atoms with Gasteiger partial charge in [-0.05, 0) is 31.5 Å². The minimum absolute atomic E-state index is 0.480. The molecule has 0 amide bonds. The third-order valence-electron chi connectivity index (χ3n) is 6.65. The predicted molar refractivity (Wildman–Crippen MR) is 131 cm³/mol. The van der Waals surface area contributed by atoms with Crippen molar-refractivity contribution in [1.82, 2.24) is 24.9 Å². The summed E-state index contributed by atoms with van der Waals surface area (Å²) in [5, 5.41) is 15.8. The molecule has 0 bridgehead atoms. The quantitative estimate of drug-likeness (QED) is 0.424. The molecule has 1 aliphatic heterocycles. The fourth-order valence-electron chi connectivity index (χ4n) is 4.79. The van der Waals surface area contributed by atoms with Crippen LogP contribution in [0.15, 0.2) is 60.8 Å². The summed E-state index contributed by atoms with van der Waals surface area (Å²) in [5.41, 5.74) is 3.67. The van der Waals surface area contributed by atoms with E-state index >= 15 is 0 Å². The SMILES string of the molecule is [C-]#[N+]c1ccccc1CN(C)C1CCN(c2nnc(-c3ccnn3C)c3ccccc23)CC1. The van der Waals surface area contributed by atoms with Gasteiger partial charge in [0.1, 0.15) is 5.69 Å². The van der Waals surface area contributed by atoms with Gasteiger partial charge in [0.15, 0.2) is 11.5 Å². The Labute approximate surface area is 194 Å². The second-order valence-corrected chi connectivity index (χ2v) is 8.63. The molecule has 0 unspecified atom stereocenters. The van der Waals surface area contributed by atoms with Gasteiger partial charge in [-0.1, -0.05) is 48.5 Å². The smallest absolute Gasteiger partial charge is 0.191 e. The van der Waals surface area contributed by atoms with E-state index in [1.165, 1.54) is 0 Å². The van der Waals surface area contributed by atoms with Crippen molar-refractivity contribution >= 4 is 22.3 Å². The van der Waals surface area contributed by atoms with Crippen LogP contribution in [0.3, 0.4) is 0 Å². The molecule has 1 aliphatic rings. The summed E-state index contributed by atoms with van der Waals surface area (Å²) in [6.07, 6.45) is 3.89. The molecule has 1 saturated heterocycles. The van der Waals surface area contributed by atoms with Crippen molar-refractivity contribution in [1.29, 1.82) is 0 Å². The van der Waals surface area contributed by atoms with Crippen molar-refractivity contribution in [2.45, 2.75) is 25.4 Å². The molecular weight excluding hydrogens is 410 g/mol. The zero-order valence-electron chi connectivity index (χ0n) is 19.0. The first kappa shape index (κ1) is 21.1. The zero-order valence-corrected chi connectivity index (χ0v) is 19.0. The summed E-state index contributed by atoms with van der Waals surface area (Å²) in [6.45, 7) is 10.1. The lowest BCUT2D eigenvalue weighted by atomic mass is 10.0. The van der Waals surface area contributed by atoms with Gasteiger partial charge in [-0.2, -0.15) is 5.10 Å². The van der Waals surface area contributed by atoms with Crippen LogP contribution in [0.25, 0.3) is 27.0 Å². The topological polar surface area (TPSA) is 54.4 Å². The van der Waals surface area contributed by atoms with Crippen LogP contribution in [0.5, 0.6) is 0 Å².